The quantitative estimate of drug-likeness (QED) is 0.639. The van der Waals surface area contributed by atoms with Gasteiger partial charge in [0.1, 0.15) is 6.20 Å². The molecule has 25 heavy (non-hydrogen) atoms. The molecule has 2 aromatic heterocycles. The van der Waals surface area contributed by atoms with E-state index in [1.807, 2.05) is 24.3 Å². The summed E-state index contributed by atoms with van der Waals surface area (Å²) in [5, 5.41) is 14.4. The predicted molar refractivity (Wildman–Crippen MR) is 99.3 cm³/mol. The lowest BCUT2D eigenvalue weighted by molar-refractivity contribution is -0.113. The van der Waals surface area contributed by atoms with E-state index in [2.05, 4.69) is 27.5 Å². The van der Waals surface area contributed by atoms with E-state index in [0.29, 0.717) is 9.30 Å². The molecule has 3 aromatic rings. The number of thioether (sulfide) groups is 1. The first-order chi connectivity index (χ1) is 12.2. The Labute approximate surface area is 152 Å². The zero-order chi connectivity index (χ0) is 17.6. The van der Waals surface area contributed by atoms with Gasteiger partial charge in [0.25, 0.3) is 5.56 Å². The number of rotatable bonds is 7. The van der Waals surface area contributed by atoms with E-state index < -0.39 is 0 Å². The molecule has 0 bridgehead atoms. The second-order valence-electron chi connectivity index (χ2n) is 5.38. The minimum atomic E-state index is -0.333. The van der Waals surface area contributed by atoms with Crippen LogP contribution in [0.3, 0.4) is 0 Å². The van der Waals surface area contributed by atoms with Gasteiger partial charge in [-0.25, -0.2) is 0 Å². The Bertz CT molecular complexity index is 920. The van der Waals surface area contributed by atoms with Crippen molar-refractivity contribution in [2.45, 2.75) is 30.5 Å². The third-order valence-electron chi connectivity index (χ3n) is 3.45. The minimum Gasteiger partial charge on any atom is -0.325 e. The first kappa shape index (κ1) is 17.6. The van der Waals surface area contributed by atoms with Crippen LogP contribution < -0.4 is 10.9 Å². The van der Waals surface area contributed by atoms with Crippen molar-refractivity contribution in [3.05, 3.63) is 46.4 Å². The molecule has 9 heteroatoms. The first-order valence-electron chi connectivity index (χ1n) is 7.89. The van der Waals surface area contributed by atoms with Gasteiger partial charge in [-0.05, 0) is 30.5 Å². The number of aryl methyl sites for hydroxylation is 1. The minimum absolute atomic E-state index is 0.121. The van der Waals surface area contributed by atoms with Crippen LogP contribution in [-0.2, 0) is 11.2 Å². The number of anilines is 1. The van der Waals surface area contributed by atoms with Crippen molar-refractivity contribution in [3.63, 3.8) is 0 Å². The summed E-state index contributed by atoms with van der Waals surface area (Å²) in [4.78, 5) is 24.1. The number of carbonyl (C=O) groups is 1. The Balaban J connectivity index is 1.55. The fraction of sp³-hybridized carbons (Fsp3) is 0.312. The van der Waals surface area contributed by atoms with E-state index in [9.17, 15) is 9.59 Å². The van der Waals surface area contributed by atoms with E-state index in [4.69, 9.17) is 0 Å². The molecular weight excluding hydrogens is 358 g/mol. The number of unbranched alkanes of at least 4 members (excludes halogenated alkanes) is 1. The highest BCUT2D eigenvalue weighted by molar-refractivity contribution is 8.01. The molecule has 0 saturated heterocycles. The lowest BCUT2D eigenvalue weighted by Gasteiger charge is -2.05. The van der Waals surface area contributed by atoms with Gasteiger partial charge in [0.05, 0.1) is 5.75 Å². The fourth-order valence-electron chi connectivity index (χ4n) is 2.17. The number of hydrogen-bond donors (Lipinski definition) is 1. The molecule has 0 aliphatic heterocycles. The predicted octanol–water partition coefficient (Wildman–Crippen LogP) is 2.62. The van der Waals surface area contributed by atoms with E-state index in [1.165, 1.54) is 39.6 Å². The van der Waals surface area contributed by atoms with Crippen LogP contribution in [0.5, 0.6) is 0 Å². The number of nitrogens with zero attached hydrogens (tertiary/aromatic N) is 4. The number of benzene rings is 1. The smallest absolute Gasteiger partial charge is 0.293 e. The molecule has 0 fully saturated rings. The Kier molecular flexibility index (Phi) is 5.77. The number of amides is 1. The normalized spacial score (nSPS) is 10.9. The number of nitrogens with one attached hydrogen (secondary N) is 1. The third kappa shape index (κ3) is 4.64. The van der Waals surface area contributed by atoms with E-state index in [-0.39, 0.29) is 17.2 Å². The van der Waals surface area contributed by atoms with Crippen LogP contribution in [0.2, 0.25) is 0 Å². The average Bonchev–Trinajstić information content (AvgIpc) is 3.04. The van der Waals surface area contributed by atoms with E-state index in [0.717, 1.165) is 24.7 Å². The van der Waals surface area contributed by atoms with Crippen molar-refractivity contribution in [2.75, 3.05) is 11.1 Å². The van der Waals surface area contributed by atoms with Crippen molar-refractivity contribution >= 4 is 39.7 Å². The van der Waals surface area contributed by atoms with Gasteiger partial charge in [-0.2, -0.15) is 9.61 Å². The van der Waals surface area contributed by atoms with Gasteiger partial charge in [-0.1, -0.05) is 48.6 Å². The van der Waals surface area contributed by atoms with Crippen LogP contribution in [0.25, 0.3) is 4.96 Å². The zero-order valence-corrected chi connectivity index (χ0v) is 15.3. The molecule has 0 spiro atoms. The fourth-order valence-corrected chi connectivity index (χ4v) is 3.86. The molecular formula is C16H17N5O2S2. The van der Waals surface area contributed by atoms with Crippen LogP contribution in [0.1, 0.15) is 25.3 Å². The second kappa shape index (κ2) is 8.21. The molecule has 130 valence electrons. The molecule has 0 atom stereocenters. The van der Waals surface area contributed by atoms with Crippen molar-refractivity contribution in [1.82, 2.24) is 19.8 Å². The van der Waals surface area contributed by atoms with Gasteiger partial charge in [0.15, 0.2) is 4.34 Å². The van der Waals surface area contributed by atoms with Gasteiger partial charge in [0.2, 0.25) is 10.9 Å². The Morgan fingerprint density at radius 1 is 1.32 bits per heavy atom. The number of aromatic nitrogens is 4. The molecule has 0 aliphatic carbocycles. The maximum Gasteiger partial charge on any atom is 0.293 e. The molecule has 0 aliphatic rings. The molecule has 0 radical (unpaired) electrons. The lowest BCUT2D eigenvalue weighted by atomic mass is 10.1. The lowest BCUT2D eigenvalue weighted by Crippen LogP contribution is -2.15. The molecule has 1 amide bonds. The standard InChI is InChI=1S/C16H17N5O2S2/c1-2-3-4-11-5-7-12(8-6-11)18-13(22)10-24-16-20-21-14(23)9-17-19-15(21)25-16/h5-9H,2-4,10H2,1H3,(H,18,22). The Hall–Kier alpha value is -2.26. The van der Waals surface area contributed by atoms with Gasteiger partial charge in [-0.3, -0.25) is 9.59 Å². The first-order valence-corrected chi connectivity index (χ1v) is 9.69. The van der Waals surface area contributed by atoms with Crippen LogP contribution in [0.4, 0.5) is 5.69 Å². The topological polar surface area (TPSA) is 89.3 Å². The van der Waals surface area contributed by atoms with Crippen LogP contribution in [-0.4, -0.2) is 31.5 Å². The number of hydrogen-bond acceptors (Lipinski definition) is 7. The highest BCUT2D eigenvalue weighted by Gasteiger charge is 2.10. The van der Waals surface area contributed by atoms with Gasteiger partial charge >= 0.3 is 0 Å². The number of fused-ring (bicyclic) bond motifs is 1. The second-order valence-corrected chi connectivity index (χ2v) is 7.56. The third-order valence-corrected chi connectivity index (χ3v) is 5.48. The monoisotopic (exact) mass is 375 g/mol. The molecule has 0 unspecified atom stereocenters. The van der Waals surface area contributed by atoms with E-state index >= 15 is 0 Å². The highest BCUT2D eigenvalue weighted by atomic mass is 32.2. The summed E-state index contributed by atoms with van der Waals surface area (Å²) in [5.41, 5.74) is 1.72. The molecule has 0 saturated carbocycles. The van der Waals surface area contributed by atoms with Gasteiger partial charge in [-0.15, -0.1) is 10.2 Å². The SMILES string of the molecule is CCCCc1ccc(NC(=O)CSc2nn3c(=O)cnnc3s2)cc1. The summed E-state index contributed by atoms with van der Waals surface area (Å²) in [5.74, 6) is 0.0866. The largest absolute Gasteiger partial charge is 0.325 e. The summed E-state index contributed by atoms with van der Waals surface area (Å²) in [6.07, 6.45) is 4.50. The van der Waals surface area contributed by atoms with Crippen molar-refractivity contribution in [1.29, 1.82) is 0 Å². The van der Waals surface area contributed by atoms with Crippen molar-refractivity contribution in [3.8, 4) is 0 Å². The summed E-state index contributed by atoms with van der Waals surface area (Å²) < 4.78 is 1.79. The highest BCUT2D eigenvalue weighted by Crippen LogP contribution is 2.23. The van der Waals surface area contributed by atoms with Crippen LogP contribution in [0.15, 0.2) is 39.6 Å². The van der Waals surface area contributed by atoms with Crippen molar-refractivity contribution in [2.24, 2.45) is 0 Å². The number of carbonyl (C=O) groups excluding carboxylic acids is 1. The maximum atomic E-state index is 12.1. The molecule has 1 N–H and O–H groups in total. The molecule has 2 heterocycles. The Morgan fingerprint density at radius 2 is 2.12 bits per heavy atom. The van der Waals surface area contributed by atoms with Crippen LogP contribution in [0, 0.1) is 0 Å². The summed E-state index contributed by atoms with van der Waals surface area (Å²) >= 11 is 2.49. The summed E-state index contributed by atoms with van der Waals surface area (Å²) in [6, 6.07) is 7.91. The Morgan fingerprint density at radius 3 is 2.84 bits per heavy atom. The van der Waals surface area contributed by atoms with Gasteiger partial charge < -0.3 is 5.32 Å². The molecule has 3 rings (SSSR count). The maximum absolute atomic E-state index is 12.1. The van der Waals surface area contributed by atoms with Crippen molar-refractivity contribution < 1.29 is 4.79 Å². The summed E-state index contributed by atoms with van der Waals surface area (Å²) in [7, 11) is 0. The summed E-state index contributed by atoms with van der Waals surface area (Å²) in [6.45, 7) is 2.17. The van der Waals surface area contributed by atoms with E-state index in [1.54, 1.807) is 0 Å². The van der Waals surface area contributed by atoms with Crippen LogP contribution >= 0.6 is 23.1 Å². The van der Waals surface area contributed by atoms with Gasteiger partial charge in [0, 0.05) is 5.69 Å². The molecule has 7 nitrogen and oxygen atoms in total. The molecule has 1 aromatic carbocycles. The zero-order valence-electron chi connectivity index (χ0n) is 13.6. The average molecular weight is 375 g/mol.